The summed E-state index contributed by atoms with van der Waals surface area (Å²) in [6.45, 7) is 7.74. The highest BCUT2D eigenvalue weighted by Gasteiger charge is 2.17. The fraction of sp³-hybridized carbons (Fsp3) is 0.222. The molecule has 1 atom stereocenters. The van der Waals surface area contributed by atoms with E-state index in [0.717, 1.165) is 33.5 Å². The number of hydrogen-bond donors (Lipinski definition) is 4. The van der Waals surface area contributed by atoms with Crippen molar-refractivity contribution in [2.45, 2.75) is 33.7 Å². The number of aliphatic hydroxyl groups is 1. The van der Waals surface area contributed by atoms with Gasteiger partial charge in [-0.05, 0) is 56.0 Å². The molecule has 0 saturated carbocycles. The fourth-order valence-electron chi connectivity index (χ4n) is 3.76. The third kappa shape index (κ3) is 5.67. The molecule has 0 radical (unpaired) electrons. The first kappa shape index (κ1) is 24.0. The molecule has 8 heteroatoms. The Morgan fingerprint density at radius 2 is 1.89 bits per heavy atom. The van der Waals surface area contributed by atoms with Gasteiger partial charge in [-0.15, -0.1) is 0 Å². The monoisotopic (exact) mass is 471 g/mol. The van der Waals surface area contributed by atoms with E-state index in [0.29, 0.717) is 11.6 Å². The minimum Gasteiger partial charge on any atom is -0.394 e. The molecular weight excluding hydrogens is 442 g/mol. The molecule has 0 aliphatic rings. The summed E-state index contributed by atoms with van der Waals surface area (Å²) < 4.78 is 5.42. The number of nitrogens with one attached hydrogen (secondary N) is 3. The number of amides is 1. The Morgan fingerprint density at radius 3 is 2.66 bits per heavy atom. The number of aliphatic hydroxyl groups excluding tert-OH is 1. The van der Waals surface area contributed by atoms with Crippen LogP contribution in [-0.2, 0) is 0 Å². The zero-order chi connectivity index (χ0) is 24.9. The maximum atomic E-state index is 12.5. The maximum absolute atomic E-state index is 12.5. The molecule has 2 heterocycles. The van der Waals surface area contributed by atoms with Crippen molar-refractivity contribution in [2.24, 2.45) is 0 Å². The molecule has 35 heavy (non-hydrogen) atoms. The van der Waals surface area contributed by atoms with Gasteiger partial charge >= 0.3 is 6.09 Å². The zero-order valence-corrected chi connectivity index (χ0v) is 20.2. The summed E-state index contributed by atoms with van der Waals surface area (Å²) in [5.41, 5.74) is 7.45. The molecule has 2 aromatic heterocycles. The number of H-pyrrole nitrogens is 1. The zero-order valence-electron chi connectivity index (χ0n) is 20.2. The molecule has 2 aromatic carbocycles. The molecule has 1 amide bonds. The van der Waals surface area contributed by atoms with Crippen LogP contribution >= 0.6 is 0 Å². The van der Waals surface area contributed by atoms with E-state index in [1.165, 1.54) is 5.56 Å². The second-order valence-electron chi connectivity index (χ2n) is 8.53. The SMILES string of the molecule is Cc1cccc(C(CO)NC(=O)Oc2cc(-c3nc(Nc4cccc(C)c4C)ncc3C)c[nH]2)c1. The van der Waals surface area contributed by atoms with Crippen LogP contribution in [0.1, 0.15) is 33.9 Å². The molecule has 180 valence electrons. The lowest BCUT2D eigenvalue weighted by molar-refractivity contribution is 0.182. The molecule has 4 N–H and O–H groups in total. The van der Waals surface area contributed by atoms with E-state index in [2.05, 4.69) is 38.6 Å². The summed E-state index contributed by atoms with van der Waals surface area (Å²) in [5.74, 6) is 0.741. The quantitative estimate of drug-likeness (QED) is 0.292. The number of aromatic nitrogens is 3. The van der Waals surface area contributed by atoms with E-state index in [9.17, 15) is 9.90 Å². The van der Waals surface area contributed by atoms with Gasteiger partial charge in [0.15, 0.2) is 0 Å². The van der Waals surface area contributed by atoms with Crippen molar-refractivity contribution in [3.63, 3.8) is 0 Å². The summed E-state index contributed by atoms with van der Waals surface area (Å²) in [7, 11) is 0. The average molecular weight is 472 g/mol. The molecule has 0 fully saturated rings. The van der Waals surface area contributed by atoms with Crippen LogP contribution in [0.2, 0.25) is 0 Å². The van der Waals surface area contributed by atoms with Crippen molar-refractivity contribution in [3.05, 3.63) is 88.7 Å². The van der Waals surface area contributed by atoms with E-state index in [1.807, 2.05) is 57.2 Å². The highest BCUT2D eigenvalue weighted by atomic mass is 16.6. The first-order valence-corrected chi connectivity index (χ1v) is 11.4. The van der Waals surface area contributed by atoms with Crippen LogP contribution in [0, 0.1) is 27.7 Å². The molecule has 0 saturated heterocycles. The van der Waals surface area contributed by atoms with Crippen molar-refractivity contribution in [1.82, 2.24) is 20.3 Å². The van der Waals surface area contributed by atoms with Gasteiger partial charge in [-0.2, -0.15) is 0 Å². The minimum atomic E-state index is -0.671. The lowest BCUT2D eigenvalue weighted by atomic mass is 10.1. The highest BCUT2D eigenvalue weighted by molar-refractivity contribution is 5.72. The van der Waals surface area contributed by atoms with E-state index in [4.69, 9.17) is 4.74 Å². The Balaban J connectivity index is 1.47. The van der Waals surface area contributed by atoms with Crippen molar-refractivity contribution in [1.29, 1.82) is 0 Å². The average Bonchev–Trinajstić information content (AvgIpc) is 3.29. The number of nitrogens with zero attached hydrogens (tertiary/aromatic N) is 2. The molecule has 4 aromatic rings. The normalized spacial score (nSPS) is 11.7. The smallest absolute Gasteiger partial charge is 0.394 e. The molecule has 0 bridgehead atoms. The molecule has 0 aliphatic heterocycles. The second-order valence-corrected chi connectivity index (χ2v) is 8.53. The molecule has 0 spiro atoms. The van der Waals surface area contributed by atoms with E-state index >= 15 is 0 Å². The van der Waals surface area contributed by atoms with Gasteiger partial charge in [0.1, 0.15) is 0 Å². The van der Waals surface area contributed by atoms with Gasteiger partial charge in [0.05, 0.1) is 18.3 Å². The van der Waals surface area contributed by atoms with Crippen molar-refractivity contribution >= 4 is 17.7 Å². The third-order valence-electron chi connectivity index (χ3n) is 5.87. The number of carbonyl (C=O) groups is 1. The summed E-state index contributed by atoms with van der Waals surface area (Å²) >= 11 is 0. The van der Waals surface area contributed by atoms with Crippen LogP contribution in [0.25, 0.3) is 11.3 Å². The number of aryl methyl sites for hydroxylation is 3. The lowest BCUT2D eigenvalue weighted by Crippen LogP contribution is -2.33. The third-order valence-corrected chi connectivity index (χ3v) is 5.87. The van der Waals surface area contributed by atoms with Crippen LogP contribution < -0.4 is 15.4 Å². The lowest BCUT2D eigenvalue weighted by Gasteiger charge is -2.16. The Bertz CT molecular complexity index is 1350. The van der Waals surface area contributed by atoms with Crippen molar-refractivity contribution in [3.8, 4) is 17.1 Å². The summed E-state index contributed by atoms with van der Waals surface area (Å²) in [6, 6.07) is 14.8. The number of hydrogen-bond acceptors (Lipinski definition) is 6. The molecule has 4 rings (SSSR count). The van der Waals surface area contributed by atoms with Crippen LogP contribution in [0.4, 0.5) is 16.4 Å². The molecule has 8 nitrogen and oxygen atoms in total. The van der Waals surface area contributed by atoms with Crippen LogP contribution in [0.15, 0.2) is 60.9 Å². The number of benzene rings is 2. The summed E-state index contributed by atoms with van der Waals surface area (Å²) in [4.78, 5) is 24.5. The Morgan fingerprint density at radius 1 is 1.09 bits per heavy atom. The summed E-state index contributed by atoms with van der Waals surface area (Å²) in [6.07, 6.45) is 2.81. The second kappa shape index (κ2) is 10.4. The number of anilines is 2. The maximum Gasteiger partial charge on any atom is 0.414 e. The van der Waals surface area contributed by atoms with Crippen LogP contribution in [0.3, 0.4) is 0 Å². The highest BCUT2D eigenvalue weighted by Crippen LogP contribution is 2.27. The molecule has 0 aliphatic carbocycles. The van der Waals surface area contributed by atoms with Crippen molar-refractivity contribution in [2.75, 3.05) is 11.9 Å². The minimum absolute atomic E-state index is 0.245. The topological polar surface area (TPSA) is 112 Å². The van der Waals surface area contributed by atoms with Gasteiger partial charge in [-0.1, -0.05) is 42.0 Å². The Hall–Kier alpha value is -4.17. The van der Waals surface area contributed by atoms with Crippen molar-refractivity contribution < 1.29 is 14.6 Å². The van der Waals surface area contributed by atoms with E-state index < -0.39 is 12.1 Å². The number of ether oxygens (including phenoxy) is 1. The fourth-order valence-corrected chi connectivity index (χ4v) is 3.76. The van der Waals surface area contributed by atoms with E-state index in [-0.39, 0.29) is 12.5 Å². The standard InChI is InChI=1S/C27H29N5O3/c1-16-7-5-9-20(11-16)23(15-33)31-27(34)35-24-12-21(14-28-24)25-18(3)13-29-26(32-25)30-22-10-6-8-17(2)19(22)4/h5-14,23,28,33H,15H2,1-4H3,(H,31,34)(H,29,30,32). The first-order valence-electron chi connectivity index (χ1n) is 11.4. The van der Waals surface area contributed by atoms with E-state index in [1.54, 1.807) is 18.5 Å². The molecule has 1 unspecified atom stereocenters. The van der Waals surface area contributed by atoms with Gasteiger partial charge < -0.3 is 25.5 Å². The number of aromatic amines is 1. The number of rotatable bonds is 7. The predicted octanol–water partition coefficient (Wildman–Crippen LogP) is 5.27. The van der Waals surface area contributed by atoms with Crippen LogP contribution in [0.5, 0.6) is 5.88 Å². The van der Waals surface area contributed by atoms with Gasteiger partial charge in [0, 0.05) is 29.7 Å². The Labute approximate surface area is 204 Å². The molecular formula is C27H29N5O3. The van der Waals surface area contributed by atoms with Crippen LogP contribution in [-0.4, -0.2) is 32.8 Å². The summed E-state index contributed by atoms with van der Waals surface area (Å²) in [5, 5.41) is 15.7. The van der Waals surface area contributed by atoms with Gasteiger partial charge in [0.2, 0.25) is 11.8 Å². The predicted molar refractivity (Wildman–Crippen MR) is 136 cm³/mol. The number of carbonyl (C=O) groups excluding carboxylic acids is 1. The van der Waals surface area contributed by atoms with Gasteiger partial charge in [-0.3, -0.25) is 0 Å². The Kier molecular flexibility index (Phi) is 7.12. The van der Waals surface area contributed by atoms with Gasteiger partial charge in [0.25, 0.3) is 0 Å². The van der Waals surface area contributed by atoms with Gasteiger partial charge in [-0.25, -0.2) is 14.8 Å². The first-order chi connectivity index (χ1) is 16.8. The largest absolute Gasteiger partial charge is 0.414 e.